The molecule has 3 heteroatoms. The highest BCUT2D eigenvalue weighted by Crippen LogP contribution is 2.31. The number of nitrogens with two attached hydrogens (primary N) is 1. The van der Waals surface area contributed by atoms with Crippen molar-refractivity contribution in [1.82, 2.24) is 0 Å². The van der Waals surface area contributed by atoms with E-state index in [9.17, 15) is 8.78 Å². The lowest BCUT2D eigenvalue weighted by atomic mass is 9.91. The summed E-state index contributed by atoms with van der Waals surface area (Å²) in [6, 6.07) is 5.88. The minimum absolute atomic E-state index is 0.0735. The fourth-order valence-electron chi connectivity index (χ4n) is 1.57. The van der Waals surface area contributed by atoms with Gasteiger partial charge >= 0.3 is 0 Å². The first-order valence-corrected chi connectivity index (χ1v) is 4.78. The maximum Gasteiger partial charge on any atom is 0.150 e. The first-order valence-electron chi connectivity index (χ1n) is 4.78. The molecule has 0 radical (unpaired) electrons. The topological polar surface area (TPSA) is 26.0 Å². The van der Waals surface area contributed by atoms with E-state index in [4.69, 9.17) is 5.73 Å². The summed E-state index contributed by atoms with van der Waals surface area (Å²) >= 11 is 0. The highest BCUT2D eigenvalue weighted by atomic mass is 19.1. The van der Waals surface area contributed by atoms with Crippen molar-refractivity contribution in [3.05, 3.63) is 35.6 Å². The van der Waals surface area contributed by atoms with Gasteiger partial charge in [0.25, 0.3) is 0 Å². The van der Waals surface area contributed by atoms with E-state index in [2.05, 4.69) is 0 Å². The molecule has 0 fully saturated rings. The van der Waals surface area contributed by atoms with Crippen LogP contribution in [0, 0.1) is 5.82 Å². The molecule has 1 nitrogen and oxygen atoms in total. The molecule has 1 aromatic carbocycles. The normalized spacial score (nSPS) is 15.1. The van der Waals surface area contributed by atoms with Crippen LogP contribution in [0.25, 0.3) is 0 Å². The van der Waals surface area contributed by atoms with Crippen molar-refractivity contribution in [2.75, 3.05) is 6.54 Å². The molecule has 0 bridgehead atoms. The second-order valence-corrected chi connectivity index (χ2v) is 3.40. The van der Waals surface area contributed by atoms with Gasteiger partial charge in [-0.15, -0.1) is 0 Å². The third-order valence-electron chi connectivity index (χ3n) is 2.33. The van der Waals surface area contributed by atoms with E-state index in [1.165, 1.54) is 12.1 Å². The zero-order chi connectivity index (χ0) is 10.6. The van der Waals surface area contributed by atoms with Crippen LogP contribution in [-0.4, -0.2) is 6.54 Å². The fraction of sp³-hybridized carbons (Fsp3) is 0.455. The van der Waals surface area contributed by atoms with Crippen LogP contribution in [0.1, 0.15) is 25.3 Å². The third kappa shape index (κ3) is 2.10. The SMILES string of the molecule is CCCC(F)(CN)c1ccccc1F. The molecule has 0 saturated heterocycles. The molecule has 1 atom stereocenters. The highest BCUT2D eigenvalue weighted by molar-refractivity contribution is 5.24. The van der Waals surface area contributed by atoms with E-state index < -0.39 is 11.5 Å². The van der Waals surface area contributed by atoms with Crippen LogP contribution in [-0.2, 0) is 5.67 Å². The van der Waals surface area contributed by atoms with Crippen LogP contribution >= 0.6 is 0 Å². The van der Waals surface area contributed by atoms with E-state index in [0.29, 0.717) is 6.42 Å². The van der Waals surface area contributed by atoms with Gasteiger partial charge in [0.1, 0.15) is 5.82 Å². The molecule has 1 aromatic rings. The van der Waals surface area contributed by atoms with Crippen LogP contribution in [0.2, 0.25) is 0 Å². The Kier molecular flexibility index (Phi) is 3.58. The minimum Gasteiger partial charge on any atom is -0.327 e. The Hall–Kier alpha value is -0.960. The molecule has 0 aromatic heterocycles. The molecule has 14 heavy (non-hydrogen) atoms. The smallest absolute Gasteiger partial charge is 0.150 e. The Bertz CT molecular complexity index is 301. The van der Waals surface area contributed by atoms with Crippen LogP contribution in [0.4, 0.5) is 8.78 Å². The Morgan fingerprint density at radius 2 is 2.00 bits per heavy atom. The van der Waals surface area contributed by atoms with Crippen molar-refractivity contribution in [2.24, 2.45) is 5.73 Å². The molecule has 2 N–H and O–H groups in total. The van der Waals surface area contributed by atoms with Crippen molar-refractivity contribution in [1.29, 1.82) is 0 Å². The van der Waals surface area contributed by atoms with E-state index >= 15 is 0 Å². The predicted octanol–water partition coefficient (Wildman–Crippen LogP) is 2.75. The van der Waals surface area contributed by atoms with Gasteiger partial charge in [-0.1, -0.05) is 31.5 Å². The molecular weight excluding hydrogens is 184 g/mol. The minimum atomic E-state index is -1.72. The zero-order valence-corrected chi connectivity index (χ0v) is 8.26. The molecule has 1 unspecified atom stereocenters. The Balaban J connectivity index is 3.05. The number of halogens is 2. The highest BCUT2D eigenvalue weighted by Gasteiger charge is 2.31. The lowest BCUT2D eigenvalue weighted by molar-refractivity contribution is 0.153. The molecule has 0 aliphatic carbocycles. The Morgan fingerprint density at radius 1 is 1.36 bits per heavy atom. The first-order chi connectivity index (χ1) is 6.64. The second kappa shape index (κ2) is 4.51. The average Bonchev–Trinajstić information content (AvgIpc) is 2.18. The van der Waals surface area contributed by atoms with Crippen molar-refractivity contribution in [2.45, 2.75) is 25.4 Å². The fourth-order valence-corrected chi connectivity index (χ4v) is 1.57. The summed E-state index contributed by atoms with van der Waals surface area (Å²) in [6.45, 7) is 1.67. The molecule has 0 heterocycles. The van der Waals surface area contributed by atoms with Crippen molar-refractivity contribution in [3.8, 4) is 0 Å². The molecular formula is C11H15F2N. The van der Waals surface area contributed by atoms with Crippen molar-refractivity contribution in [3.63, 3.8) is 0 Å². The van der Waals surface area contributed by atoms with E-state index in [0.717, 1.165) is 0 Å². The number of rotatable bonds is 4. The van der Waals surface area contributed by atoms with Crippen molar-refractivity contribution >= 4 is 0 Å². The number of hydrogen-bond acceptors (Lipinski definition) is 1. The average molecular weight is 199 g/mol. The lowest BCUT2D eigenvalue weighted by Crippen LogP contribution is -2.31. The number of alkyl halides is 1. The molecule has 1 rings (SSSR count). The molecule has 0 spiro atoms. The summed E-state index contributed by atoms with van der Waals surface area (Å²) in [5.41, 5.74) is 3.70. The maximum atomic E-state index is 14.1. The molecule has 0 saturated carbocycles. The Morgan fingerprint density at radius 3 is 2.50 bits per heavy atom. The van der Waals surface area contributed by atoms with Gasteiger partial charge in [-0.25, -0.2) is 8.78 Å². The van der Waals surface area contributed by atoms with E-state index in [-0.39, 0.29) is 18.5 Å². The summed E-state index contributed by atoms with van der Waals surface area (Å²) < 4.78 is 27.4. The summed E-state index contributed by atoms with van der Waals surface area (Å²) in [7, 11) is 0. The molecule has 0 aliphatic heterocycles. The number of benzene rings is 1. The summed E-state index contributed by atoms with van der Waals surface area (Å²) in [5, 5.41) is 0. The summed E-state index contributed by atoms with van der Waals surface area (Å²) in [5.74, 6) is -0.520. The lowest BCUT2D eigenvalue weighted by Gasteiger charge is -2.23. The van der Waals surface area contributed by atoms with Gasteiger partial charge in [-0.2, -0.15) is 0 Å². The van der Waals surface area contributed by atoms with Crippen LogP contribution in [0.15, 0.2) is 24.3 Å². The first kappa shape index (κ1) is 11.1. The van der Waals surface area contributed by atoms with Gasteiger partial charge in [0.2, 0.25) is 0 Å². The van der Waals surface area contributed by atoms with Gasteiger partial charge in [0.05, 0.1) is 0 Å². The van der Waals surface area contributed by atoms with Crippen LogP contribution < -0.4 is 5.73 Å². The van der Waals surface area contributed by atoms with Gasteiger partial charge in [-0.05, 0) is 12.5 Å². The molecule has 0 amide bonds. The number of hydrogen-bond donors (Lipinski definition) is 1. The van der Waals surface area contributed by atoms with Gasteiger partial charge < -0.3 is 5.73 Å². The third-order valence-corrected chi connectivity index (χ3v) is 2.33. The summed E-state index contributed by atoms with van der Waals surface area (Å²) in [4.78, 5) is 0. The zero-order valence-electron chi connectivity index (χ0n) is 8.26. The monoisotopic (exact) mass is 199 g/mol. The largest absolute Gasteiger partial charge is 0.327 e. The van der Waals surface area contributed by atoms with Crippen LogP contribution in [0.3, 0.4) is 0 Å². The standard InChI is InChI=1S/C11H15F2N/c1-2-7-11(13,8-14)9-5-3-4-6-10(9)12/h3-6H,2,7-8,14H2,1H3. The van der Waals surface area contributed by atoms with E-state index in [1.54, 1.807) is 12.1 Å². The van der Waals surface area contributed by atoms with Gasteiger partial charge in [-0.3, -0.25) is 0 Å². The quantitative estimate of drug-likeness (QED) is 0.792. The van der Waals surface area contributed by atoms with Crippen LogP contribution in [0.5, 0.6) is 0 Å². The van der Waals surface area contributed by atoms with Gasteiger partial charge in [0.15, 0.2) is 5.67 Å². The summed E-state index contributed by atoms with van der Waals surface area (Å²) in [6.07, 6.45) is 0.895. The Labute approximate surface area is 82.9 Å². The van der Waals surface area contributed by atoms with E-state index in [1.807, 2.05) is 6.92 Å². The van der Waals surface area contributed by atoms with Crippen molar-refractivity contribution < 1.29 is 8.78 Å². The predicted molar refractivity (Wildman–Crippen MR) is 53.1 cm³/mol. The second-order valence-electron chi connectivity index (χ2n) is 3.40. The molecule has 78 valence electrons. The van der Waals surface area contributed by atoms with Gasteiger partial charge in [0, 0.05) is 12.1 Å². The maximum absolute atomic E-state index is 14.1. The molecule has 0 aliphatic rings.